The summed E-state index contributed by atoms with van der Waals surface area (Å²) in [6.45, 7) is 4.71. The Balaban J connectivity index is 0.000000138. The van der Waals surface area contributed by atoms with E-state index in [9.17, 15) is 0 Å². The molecule has 122 heavy (non-hydrogen) atoms. The van der Waals surface area contributed by atoms with Crippen LogP contribution in [0.1, 0.15) is 25.0 Å². The third-order valence-electron chi connectivity index (χ3n) is 26.3. The minimum atomic E-state index is -2.86. The van der Waals surface area contributed by atoms with Gasteiger partial charge in [-0.2, -0.15) is 0 Å². The molecule has 0 spiro atoms. The fraction of sp³-hybridized carbons (Fsp3) is 0.0265. The van der Waals surface area contributed by atoms with Crippen molar-refractivity contribution < 1.29 is 0 Å². The quantitative estimate of drug-likeness (QED) is 0.121. The zero-order valence-corrected chi connectivity index (χ0v) is 69.1. The highest BCUT2D eigenvalue weighted by Crippen LogP contribution is 2.54. The zero-order chi connectivity index (χ0) is 80.8. The molecule has 7 nitrogen and oxygen atoms in total. The third-order valence-corrected chi connectivity index (χ3v) is 36.0. The summed E-state index contributed by atoms with van der Waals surface area (Å²) < 4.78 is 7.24. The van der Waals surface area contributed by atoms with Crippen LogP contribution in [0.4, 0.5) is 0 Å². The van der Waals surface area contributed by atoms with Crippen molar-refractivity contribution in [3.63, 3.8) is 0 Å². The van der Waals surface area contributed by atoms with Crippen LogP contribution in [-0.2, 0) is 5.41 Å². The zero-order valence-electron chi connectivity index (χ0n) is 67.1. The first-order valence-corrected chi connectivity index (χ1v) is 46.1. The summed E-state index contributed by atoms with van der Waals surface area (Å²) in [5.41, 5.74) is 26.5. The van der Waals surface area contributed by atoms with Crippen molar-refractivity contribution >= 4 is 123 Å². The van der Waals surface area contributed by atoms with Crippen LogP contribution in [0.3, 0.4) is 0 Å². The Morgan fingerprint density at radius 2 is 0.525 bits per heavy atom. The Hall–Kier alpha value is -15.3. The van der Waals surface area contributed by atoms with E-state index in [0.29, 0.717) is 0 Å². The van der Waals surface area contributed by atoms with E-state index in [2.05, 4.69) is 458 Å². The first-order chi connectivity index (χ1) is 60.3. The smallest absolute Gasteiger partial charge is 0.185 e. The molecule has 0 fully saturated rings. The summed E-state index contributed by atoms with van der Waals surface area (Å²) >= 11 is 0. The Labute approximate surface area is 708 Å². The van der Waals surface area contributed by atoms with Gasteiger partial charge in [0.2, 0.25) is 0 Å². The summed E-state index contributed by atoms with van der Waals surface area (Å²) in [6.07, 6.45) is 0. The maximum absolute atomic E-state index is 5.61. The van der Waals surface area contributed by atoms with Gasteiger partial charge in [-0.1, -0.05) is 347 Å². The molecule has 25 rings (SSSR count). The van der Waals surface area contributed by atoms with Crippen molar-refractivity contribution in [2.24, 2.45) is 0 Å². The minimum absolute atomic E-state index is 0.0652. The number of hydrogen-bond acceptors (Lipinski definition) is 4. The monoisotopic (exact) mass is 1590 g/mol. The van der Waals surface area contributed by atoms with E-state index in [0.717, 1.165) is 73.7 Å². The number of para-hydroxylation sites is 4. The molecule has 1 aliphatic carbocycles. The van der Waals surface area contributed by atoms with E-state index in [1.54, 1.807) is 0 Å². The molecule has 2 aliphatic heterocycles. The molecule has 5 aromatic heterocycles. The summed E-state index contributed by atoms with van der Waals surface area (Å²) in [6, 6.07) is 157. The predicted molar refractivity (Wildman–Crippen MR) is 512 cm³/mol. The molecule has 0 saturated carbocycles. The lowest BCUT2D eigenvalue weighted by Crippen LogP contribution is -2.73. The molecular weight excluding hydrogens is 1510 g/mol. The maximum Gasteiger partial charge on any atom is 0.185 e. The number of rotatable bonds is 11. The standard InChI is InChI=1S/C58H38N4Si.C55H39N3Si/c1-5-19-39(20-6-1)55-57-56(47-29-15-18-32-52(47)63(57,43-23-9-3-10-24-43)44-25-11-4-12-26-44)60-58(59-55)40-33-35-42(36-34-40)62-49-31-17-14-28-46(49)54-51(62)38-37-50-53(54)45-27-13-16-30-48(45)61(50)41-21-7-2-8-22-41;1-55(2)44-27-15-12-24-41(44)49-45(55)34-35-47-50(49)42-25-13-16-28-46(42)58(47)38-32-30-37(31-33-38)54-56-51(36-18-6-3-7-19-36)53-52(57-54)43-26-14-17-29-48(43)59(53,39-20-8-4-9-21-39)40-22-10-5-11-23-40/h1-38H;3-35H,1-2H3. The van der Waals surface area contributed by atoms with Crippen molar-refractivity contribution in [2.45, 2.75) is 19.3 Å². The molecule has 572 valence electrons. The van der Waals surface area contributed by atoms with Crippen molar-refractivity contribution in [1.82, 2.24) is 33.6 Å². The summed E-state index contributed by atoms with van der Waals surface area (Å²) in [5.74, 6) is 1.45. The van der Waals surface area contributed by atoms with Crippen LogP contribution < -0.4 is 41.5 Å². The summed E-state index contributed by atoms with van der Waals surface area (Å²) in [7, 11) is -5.70. The Morgan fingerprint density at radius 1 is 0.221 bits per heavy atom. The van der Waals surface area contributed by atoms with Gasteiger partial charge < -0.3 is 13.7 Å². The van der Waals surface area contributed by atoms with Crippen LogP contribution in [0.5, 0.6) is 0 Å². The van der Waals surface area contributed by atoms with Gasteiger partial charge in [-0.3, -0.25) is 0 Å². The SMILES string of the molecule is CC1(C)c2ccccc2-c2c1ccc1c2c2ccccc2n1-c1ccc(-c2nc(-c3ccccc3)c3c(n2)-c2ccccc2[Si]3(c2ccccc2)c2ccccc2)cc1.c1ccc(-c2nc(-c3ccc(-n4c5ccccc5c5c6c7ccccc7n(-c7ccccc7)c6ccc54)cc3)nc3c2[Si](c2ccccc2)(c2ccccc2)c2ccccc2-3)cc1. The average Bonchev–Trinajstić information content (AvgIpc) is 1.52. The number of nitrogens with zero attached hydrogens (tertiary/aromatic N) is 7. The second-order valence-electron chi connectivity index (χ2n) is 32.9. The third kappa shape index (κ3) is 10.4. The Bertz CT molecular complexity index is 7850. The lowest BCUT2D eigenvalue weighted by atomic mass is 9.82. The molecule has 7 heterocycles. The van der Waals surface area contributed by atoms with Crippen LogP contribution in [0.2, 0.25) is 0 Å². The number of benzene rings is 17. The molecule has 9 heteroatoms. The lowest BCUT2D eigenvalue weighted by molar-refractivity contribution is 0.661. The van der Waals surface area contributed by atoms with E-state index < -0.39 is 16.1 Å². The molecular formula is C113H77N7Si2. The van der Waals surface area contributed by atoms with Crippen molar-refractivity contribution in [1.29, 1.82) is 0 Å². The van der Waals surface area contributed by atoms with E-state index in [-0.39, 0.29) is 5.41 Å². The van der Waals surface area contributed by atoms with E-state index in [1.165, 1.54) is 140 Å². The number of hydrogen-bond donors (Lipinski definition) is 0. The van der Waals surface area contributed by atoms with Crippen molar-refractivity contribution in [3.8, 4) is 96.0 Å². The lowest BCUT2D eigenvalue weighted by Gasteiger charge is -2.32. The van der Waals surface area contributed by atoms with Crippen LogP contribution in [-0.4, -0.2) is 49.8 Å². The summed E-state index contributed by atoms with van der Waals surface area (Å²) in [5, 5.41) is 18.1. The highest BCUT2D eigenvalue weighted by atomic mass is 28.3. The van der Waals surface area contributed by atoms with Crippen molar-refractivity contribution in [2.75, 3.05) is 0 Å². The maximum atomic E-state index is 5.61. The van der Waals surface area contributed by atoms with Crippen molar-refractivity contribution in [3.05, 3.63) is 442 Å². The molecule has 0 N–H and O–H groups in total. The molecule has 17 aromatic carbocycles. The normalized spacial score (nSPS) is 13.5. The molecule has 0 radical (unpaired) electrons. The van der Waals surface area contributed by atoms with E-state index >= 15 is 0 Å². The van der Waals surface area contributed by atoms with E-state index in [1.807, 2.05) is 0 Å². The van der Waals surface area contributed by atoms with Gasteiger partial charge in [0.15, 0.2) is 27.8 Å². The Morgan fingerprint density at radius 3 is 0.934 bits per heavy atom. The highest BCUT2D eigenvalue weighted by molar-refractivity contribution is 7.23. The fourth-order valence-corrected chi connectivity index (χ4v) is 31.7. The molecule has 0 amide bonds. The van der Waals surface area contributed by atoms with Gasteiger partial charge >= 0.3 is 0 Å². The van der Waals surface area contributed by atoms with Gasteiger partial charge in [0.05, 0.1) is 55.9 Å². The number of fused-ring (bicyclic) bond motifs is 20. The van der Waals surface area contributed by atoms with Gasteiger partial charge in [0, 0.05) is 98.5 Å². The topological polar surface area (TPSA) is 66.3 Å². The second kappa shape index (κ2) is 27.9. The van der Waals surface area contributed by atoms with E-state index in [4.69, 9.17) is 19.9 Å². The van der Waals surface area contributed by atoms with Gasteiger partial charge in [-0.05, 0) is 150 Å². The predicted octanol–water partition coefficient (Wildman–Crippen LogP) is 21.9. The molecule has 0 atom stereocenters. The number of aromatic nitrogens is 7. The first-order valence-electron chi connectivity index (χ1n) is 42.1. The molecule has 0 saturated heterocycles. The van der Waals surface area contributed by atoms with Crippen LogP contribution >= 0.6 is 0 Å². The second-order valence-corrected chi connectivity index (χ2v) is 40.3. The average molecular weight is 1590 g/mol. The summed E-state index contributed by atoms with van der Waals surface area (Å²) in [4.78, 5) is 22.4. The van der Waals surface area contributed by atoms with Gasteiger partial charge in [-0.25, -0.2) is 19.9 Å². The highest BCUT2D eigenvalue weighted by Gasteiger charge is 2.54. The largest absolute Gasteiger partial charge is 0.309 e. The van der Waals surface area contributed by atoms with Gasteiger partial charge in [0.1, 0.15) is 0 Å². The molecule has 0 unspecified atom stereocenters. The van der Waals surface area contributed by atoms with Gasteiger partial charge in [-0.15, -0.1) is 0 Å². The van der Waals surface area contributed by atoms with Crippen LogP contribution in [0.15, 0.2) is 431 Å². The first kappa shape index (κ1) is 70.9. The molecule has 22 aromatic rings. The molecule has 0 bridgehead atoms. The minimum Gasteiger partial charge on any atom is -0.309 e. The fourth-order valence-electron chi connectivity index (χ4n) is 21.2. The Kier molecular flexibility index (Phi) is 16.2. The molecule has 3 aliphatic rings. The van der Waals surface area contributed by atoms with Gasteiger partial charge in [0.25, 0.3) is 0 Å². The van der Waals surface area contributed by atoms with Crippen LogP contribution in [0.25, 0.3) is 161 Å². The van der Waals surface area contributed by atoms with Crippen LogP contribution in [0, 0.1) is 0 Å².